The van der Waals surface area contributed by atoms with Gasteiger partial charge >= 0.3 is 6.18 Å². The summed E-state index contributed by atoms with van der Waals surface area (Å²) in [5.41, 5.74) is -0.791. The topological polar surface area (TPSA) is 79.4 Å². The molecule has 1 aromatic heterocycles. The van der Waals surface area contributed by atoms with Gasteiger partial charge in [0.05, 0.1) is 17.4 Å². The highest BCUT2D eigenvalue weighted by Crippen LogP contribution is 2.30. The third-order valence-electron chi connectivity index (χ3n) is 3.34. The predicted molar refractivity (Wildman–Crippen MR) is 94.6 cm³/mol. The number of amides is 1. The van der Waals surface area contributed by atoms with Crippen LogP contribution >= 0.6 is 15.9 Å². The number of carbonyl (C=O) groups is 1. The molecule has 0 saturated heterocycles. The number of pyridine rings is 1. The second-order valence-electron chi connectivity index (χ2n) is 5.28. The minimum atomic E-state index is -4.48. The number of carbonyl (C=O) groups excluding carboxylic acids is 1. The van der Waals surface area contributed by atoms with Gasteiger partial charge in [-0.1, -0.05) is 0 Å². The number of benzene rings is 1. The Kier molecular flexibility index (Phi) is 5.61. The van der Waals surface area contributed by atoms with Gasteiger partial charge in [0.1, 0.15) is 0 Å². The Morgan fingerprint density at radius 2 is 1.81 bits per heavy atom. The van der Waals surface area contributed by atoms with Crippen molar-refractivity contribution in [2.75, 3.05) is 22.9 Å². The van der Waals surface area contributed by atoms with E-state index in [4.69, 9.17) is 0 Å². The lowest BCUT2D eigenvalue weighted by molar-refractivity contribution is -0.137. The van der Waals surface area contributed by atoms with E-state index < -0.39 is 27.7 Å². The van der Waals surface area contributed by atoms with Gasteiger partial charge < -0.3 is 5.32 Å². The monoisotopic (exact) mass is 451 g/mol. The minimum Gasteiger partial charge on any atom is -0.322 e. The SMILES string of the molecule is CN(c1ncc(Br)cc1C(=O)Nc1ccc(C(F)(F)F)cc1)S(C)(=O)=O. The van der Waals surface area contributed by atoms with Crippen molar-refractivity contribution in [3.05, 3.63) is 52.1 Å². The predicted octanol–water partition coefficient (Wildman–Crippen LogP) is 3.51. The molecule has 0 fully saturated rings. The summed E-state index contributed by atoms with van der Waals surface area (Å²) in [5, 5.41) is 2.42. The Morgan fingerprint density at radius 3 is 2.31 bits per heavy atom. The highest BCUT2D eigenvalue weighted by molar-refractivity contribution is 9.10. The van der Waals surface area contributed by atoms with E-state index in [-0.39, 0.29) is 17.1 Å². The zero-order valence-electron chi connectivity index (χ0n) is 13.5. The lowest BCUT2D eigenvalue weighted by Crippen LogP contribution is -2.28. The molecule has 0 atom stereocenters. The lowest BCUT2D eigenvalue weighted by Gasteiger charge is -2.19. The summed E-state index contributed by atoms with van der Waals surface area (Å²) in [5.74, 6) is -0.829. The van der Waals surface area contributed by atoms with Crippen LogP contribution in [0.1, 0.15) is 15.9 Å². The van der Waals surface area contributed by atoms with Crippen LogP contribution < -0.4 is 9.62 Å². The molecule has 0 unspecified atom stereocenters. The van der Waals surface area contributed by atoms with E-state index in [0.29, 0.717) is 4.47 Å². The largest absolute Gasteiger partial charge is 0.416 e. The van der Waals surface area contributed by atoms with Crippen molar-refractivity contribution in [2.45, 2.75) is 6.18 Å². The van der Waals surface area contributed by atoms with Crippen LogP contribution in [0.4, 0.5) is 24.7 Å². The van der Waals surface area contributed by atoms with Gasteiger partial charge in [0.25, 0.3) is 5.91 Å². The van der Waals surface area contributed by atoms with E-state index in [1.807, 2.05) is 0 Å². The lowest BCUT2D eigenvalue weighted by atomic mass is 10.2. The van der Waals surface area contributed by atoms with Crippen LogP contribution in [-0.2, 0) is 16.2 Å². The first-order chi connectivity index (χ1) is 11.9. The quantitative estimate of drug-likeness (QED) is 0.771. The Morgan fingerprint density at radius 1 is 1.23 bits per heavy atom. The summed E-state index contributed by atoms with van der Waals surface area (Å²) in [4.78, 5) is 16.4. The smallest absolute Gasteiger partial charge is 0.322 e. The first kappa shape index (κ1) is 20.2. The van der Waals surface area contributed by atoms with Gasteiger partial charge in [0, 0.05) is 23.4 Å². The molecule has 0 radical (unpaired) electrons. The second-order valence-corrected chi connectivity index (χ2v) is 8.21. The van der Waals surface area contributed by atoms with Crippen LogP contribution in [0.2, 0.25) is 0 Å². The zero-order chi connectivity index (χ0) is 19.7. The molecule has 1 amide bonds. The molecule has 0 spiro atoms. The summed E-state index contributed by atoms with van der Waals surface area (Å²) in [6.45, 7) is 0. The number of nitrogens with zero attached hydrogens (tertiary/aromatic N) is 2. The highest BCUT2D eigenvalue weighted by atomic mass is 79.9. The average Bonchev–Trinajstić information content (AvgIpc) is 2.53. The normalized spacial score (nSPS) is 11.9. The van der Waals surface area contributed by atoms with Gasteiger partial charge in [-0.2, -0.15) is 13.2 Å². The van der Waals surface area contributed by atoms with Crippen LogP contribution in [0.15, 0.2) is 41.0 Å². The molecular weight excluding hydrogens is 439 g/mol. The Hall–Kier alpha value is -2.14. The summed E-state index contributed by atoms with van der Waals surface area (Å²) in [7, 11) is -2.43. The molecule has 2 rings (SSSR count). The van der Waals surface area contributed by atoms with Gasteiger partial charge in [-0.05, 0) is 46.3 Å². The first-order valence-corrected chi connectivity index (χ1v) is 9.62. The van der Waals surface area contributed by atoms with E-state index in [2.05, 4.69) is 26.2 Å². The third-order valence-corrected chi connectivity index (χ3v) is 4.95. The number of hydrogen-bond acceptors (Lipinski definition) is 4. The van der Waals surface area contributed by atoms with Crippen molar-refractivity contribution in [1.29, 1.82) is 0 Å². The van der Waals surface area contributed by atoms with Crippen LogP contribution in [0, 0.1) is 0 Å². The fourth-order valence-corrected chi connectivity index (χ4v) is 2.74. The Balaban J connectivity index is 2.34. The minimum absolute atomic E-state index is 0.0628. The maximum absolute atomic E-state index is 12.6. The molecule has 0 aliphatic rings. The standard InChI is InChI=1S/C15H13BrF3N3O3S/c1-22(26(2,24)25)13-12(7-10(16)8-20-13)14(23)21-11-5-3-9(4-6-11)15(17,18)19/h3-8H,1-2H3,(H,21,23). The molecule has 6 nitrogen and oxygen atoms in total. The number of halogens is 4. The van der Waals surface area contributed by atoms with Crippen molar-refractivity contribution in [3.63, 3.8) is 0 Å². The molecule has 0 aliphatic carbocycles. The van der Waals surface area contributed by atoms with Crippen molar-refractivity contribution in [2.24, 2.45) is 0 Å². The van der Waals surface area contributed by atoms with Crippen LogP contribution in [0.25, 0.3) is 0 Å². The molecule has 0 saturated carbocycles. The van der Waals surface area contributed by atoms with Gasteiger partial charge in [-0.25, -0.2) is 13.4 Å². The van der Waals surface area contributed by atoms with E-state index in [1.165, 1.54) is 19.3 Å². The zero-order valence-corrected chi connectivity index (χ0v) is 15.9. The Labute approximate surface area is 156 Å². The fraction of sp³-hybridized carbons (Fsp3) is 0.200. The summed E-state index contributed by atoms with van der Waals surface area (Å²) in [6, 6.07) is 5.23. The second kappa shape index (κ2) is 7.23. The fourth-order valence-electron chi connectivity index (χ4n) is 1.95. The number of aromatic nitrogens is 1. The van der Waals surface area contributed by atoms with Gasteiger partial charge in [0.2, 0.25) is 10.0 Å². The third kappa shape index (κ3) is 4.73. The van der Waals surface area contributed by atoms with Crippen LogP contribution in [0.5, 0.6) is 0 Å². The van der Waals surface area contributed by atoms with Crippen molar-refractivity contribution >= 4 is 43.4 Å². The first-order valence-electron chi connectivity index (χ1n) is 6.97. The number of anilines is 2. The molecule has 140 valence electrons. The Bertz CT molecular complexity index is 931. The van der Waals surface area contributed by atoms with Gasteiger partial charge in [-0.15, -0.1) is 0 Å². The van der Waals surface area contributed by atoms with Crippen LogP contribution in [0.3, 0.4) is 0 Å². The summed E-state index contributed by atoms with van der Waals surface area (Å²) in [6.07, 6.45) is -2.21. The molecule has 1 heterocycles. The van der Waals surface area contributed by atoms with Gasteiger partial charge in [0.15, 0.2) is 5.82 Å². The maximum atomic E-state index is 12.6. The van der Waals surface area contributed by atoms with Gasteiger partial charge in [-0.3, -0.25) is 9.10 Å². The molecule has 1 N–H and O–H groups in total. The van der Waals surface area contributed by atoms with Crippen molar-refractivity contribution < 1.29 is 26.4 Å². The van der Waals surface area contributed by atoms with E-state index >= 15 is 0 Å². The molecule has 1 aromatic carbocycles. The van der Waals surface area contributed by atoms with E-state index in [9.17, 15) is 26.4 Å². The molecule has 2 aromatic rings. The number of hydrogen-bond donors (Lipinski definition) is 1. The number of rotatable bonds is 4. The molecule has 0 bridgehead atoms. The molecule has 11 heteroatoms. The summed E-state index contributed by atoms with van der Waals surface area (Å²) < 4.78 is 62.4. The van der Waals surface area contributed by atoms with Crippen LogP contribution in [-0.4, -0.2) is 32.6 Å². The average molecular weight is 452 g/mol. The highest BCUT2D eigenvalue weighted by Gasteiger charge is 2.30. The number of sulfonamides is 1. The summed E-state index contributed by atoms with van der Waals surface area (Å²) >= 11 is 3.15. The number of nitrogens with one attached hydrogen (secondary N) is 1. The molecule has 26 heavy (non-hydrogen) atoms. The van der Waals surface area contributed by atoms with Crippen molar-refractivity contribution in [3.8, 4) is 0 Å². The van der Waals surface area contributed by atoms with E-state index in [0.717, 1.165) is 34.8 Å². The maximum Gasteiger partial charge on any atom is 0.416 e. The number of alkyl halides is 3. The van der Waals surface area contributed by atoms with E-state index in [1.54, 1.807) is 0 Å². The molecule has 0 aliphatic heterocycles. The van der Waals surface area contributed by atoms with Crippen molar-refractivity contribution in [1.82, 2.24) is 4.98 Å². The molecular formula is C15H13BrF3N3O3S.